The third-order valence-corrected chi connectivity index (χ3v) is 7.22. The van der Waals surface area contributed by atoms with Gasteiger partial charge in [0.05, 0.1) is 5.41 Å². The highest BCUT2D eigenvalue weighted by atomic mass is 15.2. The van der Waals surface area contributed by atoms with Crippen LogP contribution >= 0.6 is 0 Å². The number of hydrogen-bond donors (Lipinski definition) is 0. The summed E-state index contributed by atoms with van der Waals surface area (Å²) < 4.78 is 2.44. The molecule has 172 valence electrons. The molecule has 0 unspecified atom stereocenters. The quantitative estimate of drug-likeness (QED) is 0.350. The van der Waals surface area contributed by atoms with Gasteiger partial charge in [0, 0.05) is 40.0 Å². The van der Waals surface area contributed by atoms with Gasteiger partial charge in [-0.3, -0.25) is 0 Å². The first-order valence-electron chi connectivity index (χ1n) is 12.2. The van der Waals surface area contributed by atoms with Crippen molar-refractivity contribution in [3.63, 3.8) is 0 Å². The number of rotatable bonds is 4. The third kappa shape index (κ3) is 3.80. The molecule has 0 radical (unpaired) electrons. The van der Waals surface area contributed by atoms with Crippen LogP contribution in [0.5, 0.6) is 0 Å². The highest BCUT2D eigenvalue weighted by molar-refractivity contribution is 6.03. The lowest BCUT2D eigenvalue weighted by atomic mass is 9.81. The summed E-state index contributed by atoms with van der Waals surface area (Å²) in [5, 5.41) is 0. The van der Waals surface area contributed by atoms with Crippen LogP contribution in [0.2, 0.25) is 0 Å². The number of anilines is 1. The van der Waals surface area contributed by atoms with Crippen LogP contribution in [0.4, 0.5) is 11.4 Å². The van der Waals surface area contributed by atoms with Gasteiger partial charge in [-0.1, -0.05) is 68.5 Å². The number of hydrogen-bond acceptors (Lipinski definition) is 1. The van der Waals surface area contributed by atoms with Gasteiger partial charge in [-0.2, -0.15) is 4.58 Å². The molecular formula is C31H39N2+. The summed E-state index contributed by atoms with van der Waals surface area (Å²) in [5.74, 6) is 0. The first-order valence-corrected chi connectivity index (χ1v) is 12.2. The lowest BCUT2D eigenvalue weighted by Crippen LogP contribution is -2.41. The molecule has 0 saturated carbocycles. The molecule has 0 amide bonds. The van der Waals surface area contributed by atoms with Crippen molar-refractivity contribution in [1.82, 2.24) is 0 Å². The van der Waals surface area contributed by atoms with Gasteiger partial charge in [-0.25, -0.2) is 0 Å². The number of benzene rings is 2. The molecule has 33 heavy (non-hydrogen) atoms. The first-order chi connectivity index (χ1) is 15.5. The predicted octanol–water partition coefficient (Wildman–Crippen LogP) is 7.68. The van der Waals surface area contributed by atoms with E-state index in [1.807, 2.05) is 0 Å². The Hall–Kier alpha value is -2.87. The minimum Gasteiger partial charge on any atom is -0.339 e. The van der Waals surface area contributed by atoms with Crippen LogP contribution in [0.15, 0.2) is 84.6 Å². The highest BCUT2D eigenvalue weighted by Crippen LogP contribution is 2.50. The van der Waals surface area contributed by atoms with Crippen molar-refractivity contribution in [3.8, 4) is 0 Å². The SMILES string of the molecule is CC[N+]1=C(/C=C/C=C/C=C2/N(C(C)(C)C)c3ccccc3C2(C)C)C(C)(C)c2ccccc21. The van der Waals surface area contributed by atoms with E-state index in [4.69, 9.17) is 0 Å². The van der Waals surface area contributed by atoms with Gasteiger partial charge in [0.25, 0.3) is 0 Å². The Balaban J connectivity index is 1.65. The fourth-order valence-corrected chi connectivity index (χ4v) is 5.59. The van der Waals surface area contributed by atoms with Gasteiger partial charge >= 0.3 is 0 Å². The molecule has 0 N–H and O–H groups in total. The van der Waals surface area contributed by atoms with Crippen molar-refractivity contribution in [2.24, 2.45) is 0 Å². The van der Waals surface area contributed by atoms with E-state index < -0.39 is 0 Å². The van der Waals surface area contributed by atoms with Crippen LogP contribution in [0, 0.1) is 0 Å². The zero-order valence-electron chi connectivity index (χ0n) is 21.6. The molecule has 0 aromatic heterocycles. The van der Waals surface area contributed by atoms with Gasteiger partial charge in [-0.05, 0) is 59.2 Å². The lowest BCUT2D eigenvalue weighted by molar-refractivity contribution is -0.433. The summed E-state index contributed by atoms with van der Waals surface area (Å²) in [6.45, 7) is 19.4. The summed E-state index contributed by atoms with van der Waals surface area (Å²) in [6.07, 6.45) is 11.1. The maximum absolute atomic E-state index is 2.50. The van der Waals surface area contributed by atoms with E-state index in [2.05, 4.69) is 144 Å². The van der Waals surface area contributed by atoms with Crippen molar-refractivity contribution < 1.29 is 4.58 Å². The Morgan fingerprint density at radius 1 is 0.818 bits per heavy atom. The Morgan fingerprint density at radius 2 is 1.45 bits per heavy atom. The molecule has 2 aliphatic heterocycles. The van der Waals surface area contributed by atoms with E-state index in [-0.39, 0.29) is 16.4 Å². The molecule has 2 heterocycles. The van der Waals surface area contributed by atoms with E-state index in [0.29, 0.717) is 0 Å². The highest BCUT2D eigenvalue weighted by Gasteiger charge is 2.44. The van der Waals surface area contributed by atoms with Gasteiger partial charge in [0.1, 0.15) is 6.54 Å². The van der Waals surface area contributed by atoms with Crippen LogP contribution in [0.1, 0.15) is 66.5 Å². The third-order valence-electron chi connectivity index (χ3n) is 7.22. The number of para-hydroxylation sites is 2. The fraction of sp³-hybridized carbons (Fsp3) is 0.387. The average Bonchev–Trinajstić information content (AvgIpc) is 3.12. The monoisotopic (exact) mass is 439 g/mol. The van der Waals surface area contributed by atoms with Crippen LogP contribution in [-0.4, -0.2) is 22.4 Å². The molecule has 0 bridgehead atoms. The summed E-state index contributed by atoms with van der Waals surface area (Å²) in [7, 11) is 0. The van der Waals surface area contributed by atoms with E-state index in [9.17, 15) is 0 Å². The van der Waals surface area contributed by atoms with Gasteiger partial charge in [0.15, 0.2) is 5.71 Å². The van der Waals surface area contributed by atoms with Crippen molar-refractivity contribution in [3.05, 3.63) is 95.7 Å². The molecule has 2 aromatic carbocycles. The van der Waals surface area contributed by atoms with Crippen LogP contribution in [-0.2, 0) is 10.8 Å². The van der Waals surface area contributed by atoms with Crippen molar-refractivity contribution in [2.75, 3.05) is 11.4 Å². The van der Waals surface area contributed by atoms with Gasteiger partial charge in [0.2, 0.25) is 5.69 Å². The lowest BCUT2D eigenvalue weighted by Gasteiger charge is -2.38. The molecule has 2 aliphatic rings. The topological polar surface area (TPSA) is 6.25 Å². The summed E-state index contributed by atoms with van der Waals surface area (Å²) >= 11 is 0. The van der Waals surface area contributed by atoms with Crippen molar-refractivity contribution in [2.45, 2.75) is 71.8 Å². The van der Waals surface area contributed by atoms with E-state index in [0.717, 1.165) is 6.54 Å². The Kier molecular flexibility index (Phi) is 5.76. The summed E-state index contributed by atoms with van der Waals surface area (Å²) in [5.41, 5.74) is 8.15. The van der Waals surface area contributed by atoms with Crippen molar-refractivity contribution in [1.29, 1.82) is 0 Å². The zero-order chi connectivity index (χ0) is 24.0. The molecule has 0 fully saturated rings. The minimum absolute atomic E-state index is 0.00747. The number of nitrogens with zero attached hydrogens (tertiary/aromatic N) is 2. The van der Waals surface area contributed by atoms with Crippen LogP contribution in [0.25, 0.3) is 0 Å². The number of allylic oxidation sites excluding steroid dienone is 6. The van der Waals surface area contributed by atoms with Gasteiger partial charge in [-0.15, -0.1) is 0 Å². The molecule has 0 spiro atoms. The van der Waals surface area contributed by atoms with Crippen LogP contribution in [0.3, 0.4) is 0 Å². The normalized spacial score (nSPS) is 20.4. The average molecular weight is 440 g/mol. The fourth-order valence-electron chi connectivity index (χ4n) is 5.59. The molecule has 4 rings (SSSR count). The number of fused-ring (bicyclic) bond motifs is 2. The largest absolute Gasteiger partial charge is 0.339 e. The Morgan fingerprint density at radius 3 is 2.12 bits per heavy atom. The molecule has 2 heteroatoms. The second-order valence-electron chi connectivity index (χ2n) is 11.2. The Bertz CT molecular complexity index is 1180. The minimum atomic E-state index is -0.0270. The van der Waals surface area contributed by atoms with E-state index in [1.54, 1.807) is 0 Å². The smallest absolute Gasteiger partial charge is 0.209 e. The maximum Gasteiger partial charge on any atom is 0.209 e. The maximum atomic E-state index is 2.50. The Labute approximate surface area is 200 Å². The van der Waals surface area contributed by atoms with Crippen molar-refractivity contribution >= 4 is 17.1 Å². The molecule has 2 aromatic rings. The second kappa shape index (κ2) is 8.17. The molecule has 0 atom stereocenters. The molecule has 0 saturated heterocycles. The predicted molar refractivity (Wildman–Crippen MR) is 143 cm³/mol. The summed E-state index contributed by atoms with van der Waals surface area (Å²) in [6, 6.07) is 17.6. The zero-order valence-corrected chi connectivity index (χ0v) is 21.6. The van der Waals surface area contributed by atoms with E-state index in [1.165, 1.54) is 33.9 Å². The van der Waals surface area contributed by atoms with Crippen LogP contribution < -0.4 is 4.90 Å². The molecule has 2 nitrogen and oxygen atoms in total. The molecule has 0 aliphatic carbocycles. The molecular weight excluding hydrogens is 400 g/mol. The first kappa shape index (κ1) is 23.3. The van der Waals surface area contributed by atoms with E-state index >= 15 is 0 Å². The van der Waals surface area contributed by atoms with Gasteiger partial charge < -0.3 is 4.90 Å². The standard InChI is InChI=1S/C31H39N2/c1-9-32-25-19-15-13-17-23(25)30(5,6)27(32)21-11-10-12-22-28-31(7,8)24-18-14-16-20-26(24)33(28)29(2,3)4/h10-22H,9H2,1-8H3/q+1. The summed E-state index contributed by atoms with van der Waals surface area (Å²) in [4.78, 5) is 2.50. The second-order valence-corrected chi connectivity index (χ2v) is 11.2.